The van der Waals surface area contributed by atoms with Crippen molar-refractivity contribution in [2.24, 2.45) is 0 Å². The van der Waals surface area contributed by atoms with Crippen LogP contribution in [0.5, 0.6) is 11.5 Å². The number of piperidine rings is 1. The standard InChI is InChI=1S/C19H26N2O6/c1-13-6-4-5-7-21(13)17(22)12-27-18(23)11-20-19(24)14-8-15(25-2)10-16(9-14)26-3/h8-10,13H,4-7,11-12H2,1-3H3,(H,20,24)/t13-/m1/s1. The Kier molecular flexibility index (Phi) is 7.45. The Bertz CT molecular complexity index is 669. The van der Waals surface area contributed by atoms with Crippen molar-refractivity contribution >= 4 is 17.8 Å². The van der Waals surface area contributed by atoms with Crippen molar-refractivity contribution < 1.29 is 28.6 Å². The van der Waals surface area contributed by atoms with Gasteiger partial charge in [-0.2, -0.15) is 0 Å². The second-order valence-corrected chi connectivity index (χ2v) is 6.38. The van der Waals surface area contributed by atoms with Crippen molar-refractivity contribution in [3.63, 3.8) is 0 Å². The third kappa shape index (κ3) is 5.87. The van der Waals surface area contributed by atoms with E-state index in [0.717, 1.165) is 19.3 Å². The summed E-state index contributed by atoms with van der Waals surface area (Å²) in [4.78, 5) is 37.9. The van der Waals surface area contributed by atoms with E-state index in [0.29, 0.717) is 18.0 Å². The summed E-state index contributed by atoms with van der Waals surface area (Å²) in [5.74, 6) is -0.428. The lowest BCUT2D eigenvalue weighted by Crippen LogP contribution is -2.44. The van der Waals surface area contributed by atoms with Gasteiger partial charge in [0.25, 0.3) is 11.8 Å². The Labute approximate surface area is 158 Å². The second-order valence-electron chi connectivity index (χ2n) is 6.38. The van der Waals surface area contributed by atoms with Crippen molar-refractivity contribution in [3.8, 4) is 11.5 Å². The number of esters is 1. The van der Waals surface area contributed by atoms with Crippen molar-refractivity contribution in [1.29, 1.82) is 0 Å². The minimum Gasteiger partial charge on any atom is -0.497 e. The molecule has 1 aromatic rings. The third-order valence-electron chi connectivity index (χ3n) is 4.49. The number of rotatable bonds is 7. The van der Waals surface area contributed by atoms with Gasteiger partial charge in [0.2, 0.25) is 0 Å². The lowest BCUT2D eigenvalue weighted by atomic mass is 10.0. The molecule has 27 heavy (non-hydrogen) atoms. The van der Waals surface area contributed by atoms with Gasteiger partial charge in [-0.15, -0.1) is 0 Å². The maximum Gasteiger partial charge on any atom is 0.325 e. The van der Waals surface area contributed by atoms with Crippen LogP contribution in [0.25, 0.3) is 0 Å². The number of hydrogen-bond acceptors (Lipinski definition) is 6. The van der Waals surface area contributed by atoms with Gasteiger partial charge in [0.15, 0.2) is 6.61 Å². The number of likely N-dealkylation sites (tertiary alicyclic amines) is 1. The molecule has 0 bridgehead atoms. The Morgan fingerprint density at radius 2 is 1.78 bits per heavy atom. The van der Waals surface area contributed by atoms with Gasteiger partial charge >= 0.3 is 5.97 Å². The van der Waals surface area contributed by atoms with Gasteiger partial charge in [-0.3, -0.25) is 14.4 Å². The summed E-state index contributed by atoms with van der Waals surface area (Å²) in [5, 5.41) is 2.46. The van der Waals surface area contributed by atoms with Crippen molar-refractivity contribution in [2.45, 2.75) is 32.2 Å². The number of methoxy groups -OCH3 is 2. The van der Waals surface area contributed by atoms with Crippen molar-refractivity contribution in [2.75, 3.05) is 33.9 Å². The fraction of sp³-hybridized carbons (Fsp3) is 0.526. The van der Waals surface area contributed by atoms with Gasteiger partial charge < -0.3 is 24.4 Å². The first-order valence-corrected chi connectivity index (χ1v) is 8.91. The van der Waals surface area contributed by atoms with Gasteiger partial charge in [0.1, 0.15) is 18.0 Å². The summed E-state index contributed by atoms with van der Waals surface area (Å²) in [5.41, 5.74) is 0.289. The number of benzene rings is 1. The highest BCUT2D eigenvalue weighted by atomic mass is 16.5. The normalized spacial score (nSPS) is 16.4. The molecule has 1 N–H and O–H groups in total. The molecule has 0 aromatic heterocycles. The highest BCUT2D eigenvalue weighted by molar-refractivity contribution is 5.96. The average Bonchev–Trinajstić information content (AvgIpc) is 2.69. The Morgan fingerprint density at radius 3 is 2.37 bits per heavy atom. The molecule has 0 aliphatic carbocycles. The SMILES string of the molecule is COc1cc(OC)cc(C(=O)NCC(=O)OCC(=O)N2CCCC[C@H]2C)c1. The first-order chi connectivity index (χ1) is 12.9. The Morgan fingerprint density at radius 1 is 1.11 bits per heavy atom. The van der Waals surface area contributed by atoms with Crippen LogP contribution in [0.1, 0.15) is 36.5 Å². The average molecular weight is 378 g/mol. The van der Waals surface area contributed by atoms with E-state index in [4.69, 9.17) is 14.2 Å². The second kappa shape index (κ2) is 9.80. The van der Waals surface area contributed by atoms with E-state index in [1.807, 2.05) is 6.92 Å². The lowest BCUT2D eigenvalue weighted by Gasteiger charge is -2.33. The number of nitrogens with one attached hydrogen (secondary N) is 1. The molecule has 1 aliphatic heterocycles. The predicted molar refractivity (Wildman–Crippen MR) is 97.9 cm³/mol. The fourth-order valence-electron chi connectivity index (χ4n) is 2.94. The Balaban J connectivity index is 1.81. The lowest BCUT2D eigenvalue weighted by molar-refractivity contribution is -0.152. The van der Waals surface area contributed by atoms with Crippen molar-refractivity contribution in [3.05, 3.63) is 23.8 Å². The summed E-state index contributed by atoms with van der Waals surface area (Å²) < 4.78 is 15.2. The van der Waals surface area contributed by atoms with E-state index in [9.17, 15) is 14.4 Å². The first-order valence-electron chi connectivity index (χ1n) is 8.91. The summed E-state index contributed by atoms with van der Waals surface area (Å²) in [7, 11) is 2.96. The van der Waals surface area contributed by atoms with Crippen LogP contribution in [0.15, 0.2) is 18.2 Å². The molecule has 0 spiro atoms. The van der Waals surface area contributed by atoms with E-state index in [1.165, 1.54) is 26.4 Å². The van der Waals surface area contributed by atoms with Crippen LogP contribution in [0, 0.1) is 0 Å². The first kappa shape index (κ1) is 20.5. The van der Waals surface area contributed by atoms with Crippen LogP contribution in [0.4, 0.5) is 0 Å². The fourth-order valence-corrected chi connectivity index (χ4v) is 2.94. The van der Waals surface area contributed by atoms with Crippen LogP contribution in [-0.4, -0.2) is 62.6 Å². The molecule has 1 aromatic carbocycles. The van der Waals surface area contributed by atoms with Gasteiger partial charge in [-0.25, -0.2) is 0 Å². The van der Waals surface area contributed by atoms with E-state index in [1.54, 1.807) is 11.0 Å². The number of amides is 2. The molecule has 0 saturated carbocycles. The summed E-state index contributed by atoms with van der Waals surface area (Å²) in [6.07, 6.45) is 3.02. The molecular formula is C19H26N2O6. The zero-order valence-corrected chi connectivity index (χ0v) is 15.9. The quantitative estimate of drug-likeness (QED) is 0.721. The number of nitrogens with zero attached hydrogens (tertiary/aromatic N) is 1. The Hall–Kier alpha value is -2.77. The largest absolute Gasteiger partial charge is 0.497 e. The number of carbonyl (C=O) groups is 3. The minimum absolute atomic E-state index is 0.160. The van der Waals surface area contributed by atoms with Gasteiger partial charge in [0, 0.05) is 24.2 Å². The van der Waals surface area contributed by atoms with Crippen LogP contribution in [-0.2, 0) is 14.3 Å². The summed E-state index contributed by atoms with van der Waals surface area (Å²) in [6.45, 7) is 2.03. The van der Waals surface area contributed by atoms with Crippen LogP contribution in [0.3, 0.4) is 0 Å². The van der Waals surface area contributed by atoms with Crippen molar-refractivity contribution in [1.82, 2.24) is 10.2 Å². The number of carbonyl (C=O) groups excluding carboxylic acids is 3. The summed E-state index contributed by atoms with van der Waals surface area (Å²) in [6, 6.07) is 4.86. The number of ether oxygens (including phenoxy) is 3. The van der Waals surface area contributed by atoms with E-state index in [-0.39, 0.29) is 30.7 Å². The molecule has 1 saturated heterocycles. The highest BCUT2D eigenvalue weighted by Gasteiger charge is 2.24. The zero-order chi connectivity index (χ0) is 19.8. The van der Waals surface area contributed by atoms with E-state index < -0.39 is 11.9 Å². The molecule has 0 radical (unpaired) electrons. The predicted octanol–water partition coefficient (Wildman–Crippen LogP) is 1.38. The van der Waals surface area contributed by atoms with Crippen LogP contribution < -0.4 is 14.8 Å². The zero-order valence-electron chi connectivity index (χ0n) is 15.9. The number of hydrogen-bond donors (Lipinski definition) is 1. The summed E-state index contributed by atoms with van der Waals surface area (Å²) >= 11 is 0. The molecule has 148 valence electrons. The molecule has 8 heteroatoms. The van der Waals surface area contributed by atoms with Gasteiger partial charge in [-0.1, -0.05) is 0 Å². The highest BCUT2D eigenvalue weighted by Crippen LogP contribution is 2.22. The molecule has 1 fully saturated rings. The monoisotopic (exact) mass is 378 g/mol. The third-order valence-corrected chi connectivity index (χ3v) is 4.49. The smallest absolute Gasteiger partial charge is 0.325 e. The molecule has 1 atom stereocenters. The van der Waals surface area contributed by atoms with Crippen LogP contribution in [0.2, 0.25) is 0 Å². The molecule has 1 heterocycles. The molecule has 0 unspecified atom stereocenters. The maximum absolute atomic E-state index is 12.2. The molecule has 2 amide bonds. The van der Waals surface area contributed by atoms with Crippen LogP contribution >= 0.6 is 0 Å². The topological polar surface area (TPSA) is 94.2 Å². The molecule has 8 nitrogen and oxygen atoms in total. The molecule has 1 aliphatic rings. The molecule has 2 rings (SSSR count). The maximum atomic E-state index is 12.2. The molecular weight excluding hydrogens is 352 g/mol. The van der Waals surface area contributed by atoms with E-state index >= 15 is 0 Å². The minimum atomic E-state index is -0.670. The van der Waals surface area contributed by atoms with E-state index in [2.05, 4.69) is 5.32 Å². The van der Waals surface area contributed by atoms with Gasteiger partial charge in [-0.05, 0) is 38.3 Å². The van der Waals surface area contributed by atoms with Gasteiger partial charge in [0.05, 0.1) is 14.2 Å².